The van der Waals surface area contributed by atoms with Gasteiger partial charge in [-0.2, -0.15) is 0 Å². The molecule has 1 aliphatic heterocycles. The minimum atomic E-state index is 0.106. The number of para-hydroxylation sites is 1. The van der Waals surface area contributed by atoms with Crippen molar-refractivity contribution in [3.8, 4) is 0 Å². The molecule has 0 radical (unpaired) electrons. The van der Waals surface area contributed by atoms with E-state index in [0.29, 0.717) is 6.54 Å². The first-order valence-electron chi connectivity index (χ1n) is 9.08. The van der Waals surface area contributed by atoms with Crippen molar-refractivity contribution in [2.45, 2.75) is 26.8 Å². The zero-order valence-corrected chi connectivity index (χ0v) is 15.0. The van der Waals surface area contributed by atoms with Gasteiger partial charge in [0.2, 0.25) is 0 Å². The quantitative estimate of drug-likeness (QED) is 0.526. The van der Waals surface area contributed by atoms with Crippen molar-refractivity contribution >= 4 is 27.7 Å². The first-order valence-corrected chi connectivity index (χ1v) is 9.08. The van der Waals surface area contributed by atoms with E-state index in [1.54, 1.807) is 0 Å². The average molecular weight is 343 g/mol. The molecule has 0 aliphatic carbocycles. The topological polar surface area (TPSA) is 51.9 Å². The van der Waals surface area contributed by atoms with E-state index in [9.17, 15) is 4.79 Å². The Balaban J connectivity index is 1.49. The van der Waals surface area contributed by atoms with Gasteiger partial charge in [-0.15, -0.1) is 0 Å². The molecule has 0 saturated carbocycles. The number of hydrogen-bond acceptors (Lipinski definition) is 1. The number of nitrogens with one attached hydrogen (secondary N) is 2. The summed E-state index contributed by atoms with van der Waals surface area (Å²) in [7, 11) is 0. The summed E-state index contributed by atoms with van der Waals surface area (Å²) >= 11 is 0. The maximum atomic E-state index is 13.1. The van der Waals surface area contributed by atoms with E-state index < -0.39 is 0 Å². The summed E-state index contributed by atoms with van der Waals surface area (Å²) in [6, 6.07) is 14.4. The Morgan fingerprint density at radius 3 is 2.69 bits per heavy atom. The number of rotatable bonds is 1. The Morgan fingerprint density at radius 1 is 1.00 bits per heavy atom. The molecule has 2 N–H and O–H groups in total. The van der Waals surface area contributed by atoms with E-state index in [1.165, 1.54) is 22.2 Å². The van der Waals surface area contributed by atoms with Crippen LogP contribution in [0.2, 0.25) is 0 Å². The summed E-state index contributed by atoms with van der Waals surface area (Å²) < 4.78 is 0. The van der Waals surface area contributed by atoms with E-state index in [2.05, 4.69) is 42.0 Å². The molecule has 0 unspecified atom stereocenters. The Bertz CT molecular complexity index is 1170. The minimum absolute atomic E-state index is 0.106. The molecule has 0 spiro atoms. The second kappa shape index (κ2) is 5.49. The predicted molar refractivity (Wildman–Crippen MR) is 105 cm³/mol. The van der Waals surface area contributed by atoms with Crippen LogP contribution in [0.25, 0.3) is 21.8 Å². The van der Waals surface area contributed by atoms with Gasteiger partial charge in [0, 0.05) is 45.3 Å². The molecule has 26 heavy (non-hydrogen) atoms. The highest BCUT2D eigenvalue weighted by atomic mass is 16.2. The van der Waals surface area contributed by atoms with Crippen LogP contribution in [-0.2, 0) is 13.0 Å². The van der Waals surface area contributed by atoms with Gasteiger partial charge in [-0.3, -0.25) is 4.79 Å². The molecule has 0 atom stereocenters. The maximum absolute atomic E-state index is 13.1. The molecule has 3 heterocycles. The molecule has 1 amide bonds. The summed E-state index contributed by atoms with van der Waals surface area (Å²) in [4.78, 5) is 21.9. The molecular weight excluding hydrogens is 322 g/mol. The zero-order valence-electron chi connectivity index (χ0n) is 15.0. The fourth-order valence-electron chi connectivity index (χ4n) is 4.14. The van der Waals surface area contributed by atoms with Gasteiger partial charge in [0.05, 0.1) is 6.54 Å². The molecule has 4 aromatic rings. The first kappa shape index (κ1) is 15.3. The van der Waals surface area contributed by atoms with Crippen LogP contribution in [0, 0.1) is 13.8 Å². The summed E-state index contributed by atoms with van der Waals surface area (Å²) in [6.45, 7) is 5.57. The van der Waals surface area contributed by atoms with E-state index >= 15 is 0 Å². The number of aromatic amines is 2. The SMILES string of the molecule is Cc1[nH]c2ccc(C(=O)N3CCc4c([nH]c5ccccc45)C3)cc2c1C. The van der Waals surface area contributed by atoms with Gasteiger partial charge in [0.25, 0.3) is 5.91 Å². The van der Waals surface area contributed by atoms with Crippen molar-refractivity contribution in [1.82, 2.24) is 14.9 Å². The fourth-order valence-corrected chi connectivity index (χ4v) is 4.14. The highest BCUT2D eigenvalue weighted by molar-refractivity contribution is 5.99. The molecule has 2 aromatic heterocycles. The van der Waals surface area contributed by atoms with Crippen molar-refractivity contribution in [3.63, 3.8) is 0 Å². The van der Waals surface area contributed by atoms with E-state index in [-0.39, 0.29) is 5.91 Å². The number of fused-ring (bicyclic) bond motifs is 4. The molecule has 4 heteroatoms. The maximum Gasteiger partial charge on any atom is 0.254 e. The van der Waals surface area contributed by atoms with Gasteiger partial charge >= 0.3 is 0 Å². The third-order valence-electron chi connectivity index (χ3n) is 5.73. The van der Waals surface area contributed by atoms with Gasteiger partial charge < -0.3 is 14.9 Å². The number of amides is 1. The lowest BCUT2D eigenvalue weighted by Crippen LogP contribution is -2.35. The monoisotopic (exact) mass is 343 g/mol. The Hall–Kier alpha value is -3.01. The highest BCUT2D eigenvalue weighted by Gasteiger charge is 2.25. The van der Waals surface area contributed by atoms with E-state index in [0.717, 1.165) is 40.6 Å². The molecule has 4 nitrogen and oxygen atoms in total. The summed E-state index contributed by atoms with van der Waals surface area (Å²) in [5, 5.41) is 2.42. The predicted octanol–water partition coefficient (Wildman–Crippen LogP) is 4.46. The molecule has 2 aromatic carbocycles. The normalized spacial score (nSPS) is 14.2. The van der Waals surface area contributed by atoms with Gasteiger partial charge in [0.15, 0.2) is 0 Å². The van der Waals surface area contributed by atoms with Gasteiger partial charge in [-0.1, -0.05) is 18.2 Å². The summed E-state index contributed by atoms with van der Waals surface area (Å²) in [5.74, 6) is 0.106. The van der Waals surface area contributed by atoms with E-state index in [4.69, 9.17) is 0 Å². The summed E-state index contributed by atoms with van der Waals surface area (Å²) in [6.07, 6.45) is 0.898. The molecule has 5 rings (SSSR count). The molecular formula is C22H21N3O. The van der Waals surface area contributed by atoms with Crippen molar-refractivity contribution in [1.29, 1.82) is 0 Å². The number of nitrogens with zero attached hydrogens (tertiary/aromatic N) is 1. The van der Waals surface area contributed by atoms with E-state index in [1.807, 2.05) is 29.2 Å². The number of H-pyrrole nitrogens is 2. The second-order valence-electron chi connectivity index (χ2n) is 7.24. The first-order chi connectivity index (χ1) is 12.6. The van der Waals surface area contributed by atoms with Crippen LogP contribution in [-0.4, -0.2) is 27.3 Å². The fraction of sp³-hybridized carbons (Fsp3) is 0.227. The minimum Gasteiger partial charge on any atom is -0.358 e. The molecule has 0 fully saturated rings. The second-order valence-corrected chi connectivity index (χ2v) is 7.24. The van der Waals surface area contributed by atoms with Gasteiger partial charge in [-0.05, 0) is 55.7 Å². The van der Waals surface area contributed by atoms with Crippen LogP contribution in [0.3, 0.4) is 0 Å². The Kier molecular flexibility index (Phi) is 3.23. The molecule has 0 saturated heterocycles. The number of benzene rings is 2. The standard InChI is InChI=1S/C22H21N3O/c1-13-14(2)23-20-8-7-15(11-18(13)20)22(26)25-10-9-17-16-5-3-4-6-19(16)24-21(17)12-25/h3-8,11,23-24H,9-10,12H2,1-2H3. The van der Waals surface area contributed by atoms with Crippen molar-refractivity contribution in [2.75, 3.05) is 6.54 Å². The number of hydrogen-bond donors (Lipinski definition) is 2. The lowest BCUT2D eigenvalue weighted by molar-refractivity contribution is 0.0733. The van der Waals surface area contributed by atoms with Gasteiger partial charge in [-0.25, -0.2) is 0 Å². The largest absolute Gasteiger partial charge is 0.358 e. The van der Waals surface area contributed by atoms with Crippen molar-refractivity contribution < 1.29 is 4.79 Å². The third-order valence-corrected chi connectivity index (χ3v) is 5.73. The van der Waals surface area contributed by atoms with Crippen LogP contribution in [0.1, 0.15) is 32.9 Å². The molecule has 130 valence electrons. The average Bonchev–Trinajstić information content (AvgIpc) is 3.17. The lowest BCUT2D eigenvalue weighted by atomic mass is 10.0. The zero-order chi connectivity index (χ0) is 17.8. The molecule has 1 aliphatic rings. The van der Waals surface area contributed by atoms with Crippen LogP contribution in [0.4, 0.5) is 0 Å². The number of carbonyl (C=O) groups is 1. The smallest absolute Gasteiger partial charge is 0.254 e. The number of aromatic nitrogens is 2. The van der Waals surface area contributed by atoms with Crippen LogP contribution in [0.15, 0.2) is 42.5 Å². The Labute approximate surface area is 151 Å². The highest BCUT2D eigenvalue weighted by Crippen LogP contribution is 2.29. The Morgan fingerprint density at radius 2 is 1.81 bits per heavy atom. The lowest BCUT2D eigenvalue weighted by Gasteiger charge is -2.27. The summed E-state index contributed by atoms with van der Waals surface area (Å²) in [5.41, 5.74) is 7.91. The number of aryl methyl sites for hydroxylation is 2. The third kappa shape index (κ3) is 2.18. The van der Waals surface area contributed by atoms with Crippen molar-refractivity contribution in [3.05, 3.63) is 70.5 Å². The van der Waals surface area contributed by atoms with Gasteiger partial charge in [0.1, 0.15) is 0 Å². The van der Waals surface area contributed by atoms with Crippen molar-refractivity contribution in [2.24, 2.45) is 0 Å². The van der Waals surface area contributed by atoms with Crippen LogP contribution in [0.5, 0.6) is 0 Å². The molecule has 0 bridgehead atoms. The van der Waals surface area contributed by atoms with Crippen LogP contribution >= 0.6 is 0 Å². The van der Waals surface area contributed by atoms with Crippen LogP contribution < -0.4 is 0 Å². The number of carbonyl (C=O) groups excluding carboxylic acids is 1.